The third-order valence-electron chi connectivity index (χ3n) is 3.54. The van der Waals surface area contributed by atoms with Crippen LogP contribution in [-0.2, 0) is 25.7 Å². The zero-order chi connectivity index (χ0) is 16.1. The third-order valence-corrected chi connectivity index (χ3v) is 3.54. The van der Waals surface area contributed by atoms with Crippen molar-refractivity contribution in [3.8, 4) is 5.75 Å². The van der Waals surface area contributed by atoms with Gasteiger partial charge in [-0.2, -0.15) is 0 Å². The van der Waals surface area contributed by atoms with Crippen LogP contribution in [0.3, 0.4) is 0 Å². The number of hydroxylamine groups is 2. The number of hydrogen-bond donors (Lipinski definition) is 0. The Labute approximate surface area is 129 Å². The molecule has 0 aromatic heterocycles. The van der Waals surface area contributed by atoms with E-state index in [0.29, 0.717) is 6.54 Å². The van der Waals surface area contributed by atoms with Gasteiger partial charge >= 0.3 is 0 Å². The van der Waals surface area contributed by atoms with Gasteiger partial charge in [0.05, 0.1) is 20.8 Å². The first-order chi connectivity index (χ1) is 10.5. The molecule has 0 radical (unpaired) electrons. The van der Waals surface area contributed by atoms with Crippen LogP contribution in [0.15, 0.2) is 24.3 Å². The molecule has 120 valence electrons. The van der Waals surface area contributed by atoms with Crippen LogP contribution in [0, 0.1) is 0 Å². The second kappa shape index (κ2) is 7.24. The maximum atomic E-state index is 12.0. The lowest BCUT2D eigenvalue weighted by Crippen LogP contribution is -2.52. The topological polar surface area (TPSA) is 68.3 Å². The molecule has 0 unspecified atom stereocenters. The Morgan fingerprint density at radius 2 is 2.05 bits per heavy atom. The highest BCUT2D eigenvalue weighted by Crippen LogP contribution is 2.16. The monoisotopic (exact) mass is 308 g/mol. The number of nitrogens with zero attached hydrogens (tertiary/aromatic N) is 2. The van der Waals surface area contributed by atoms with E-state index in [1.807, 2.05) is 24.3 Å². The summed E-state index contributed by atoms with van der Waals surface area (Å²) in [6, 6.07) is 7.45. The number of rotatable bonds is 5. The SMILES string of the molecule is COc1ccc(CN2C[C@@H](C(=O)N(C)OC)OCC2=O)cc1. The molecular formula is C15H20N2O5. The Kier molecular flexibility index (Phi) is 5.35. The minimum absolute atomic E-state index is 0.107. The van der Waals surface area contributed by atoms with E-state index in [2.05, 4.69) is 0 Å². The van der Waals surface area contributed by atoms with Crippen molar-refractivity contribution in [2.45, 2.75) is 12.6 Å². The smallest absolute Gasteiger partial charge is 0.276 e. The van der Waals surface area contributed by atoms with Crippen LogP contribution in [0.25, 0.3) is 0 Å². The Morgan fingerprint density at radius 1 is 1.36 bits per heavy atom. The molecule has 2 amide bonds. The molecule has 1 fully saturated rings. The van der Waals surface area contributed by atoms with E-state index in [0.717, 1.165) is 16.4 Å². The zero-order valence-corrected chi connectivity index (χ0v) is 12.9. The molecule has 1 saturated heterocycles. The standard InChI is InChI=1S/C15H20N2O5/c1-16(21-3)15(19)13-9-17(14(18)10-22-13)8-11-4-6-12(20-2)7-5-11/h4-7,13H,8-10H2,1-3H3/t13-/m0/s1. The second-order valence-electron chi connectivity index (χ2n) is 4.94. The lowest BCUT2D eigenvalue weighted by molar-refractivity contribution is -0.187. The molecule has 1 atom stereocenters. The van der Waals surface area contributed by atoms with Gasteiger partial charge in [0.25, 0.3) is 5.91 Å². The molecule has 22 heavy (non-hydrogen) atoms. The normalized spacial score (nSPS) is 18.2. The average Bonchev–Trinajstić information content (AvgIpc) is 2.56. The maximum absolute atomic E-state index is 12.0. The minimum atomic E-state index is -0.708. The molecule has 7 heteroatoms. The van der Waals surface area contributed by atoms with Gasteiger partial charge < -0.3 is 14.4 Å². The molecule has 1 aromatic carbocycles. The van der Waals surface area contributed by atoms with Crippen molar-refractivity contribution in [2.24, 2.45) is 0 Å². The number of carbonyl (C=O) groups is 2. The number of amides is 2. The number of morpholine rings is 1. The molecule has 0 bridgehead atoms. The van der Waals surface area contributed by atoms with Crippen LogP contribution in [0.4, 0.5) is 0 Å². The van der Waals surface area contributed by atoms with E-state index in [4.69, 9.17) is 14.3 Å². The van der Waals surface area contributed by atoms with E-state index < -0.39 is 6.10 Å². The van der Waals surface area contributed by atoms with Crippen molar-refractivity contribution < 1.29 is 23.9 Å². The molecule has 0 aliphatic carbocycles. The van der Waals surface area contributed by atoms with Crippen LogP contribution >= 0.6 is 0 Å². The van der Waals surface area contributed by atoms with Gasteiger partial charge in [-0.1, -0.05) is 12.1 Å². The van der Waals surface area contributed by atoms with Crippen molar-refractivity contribution >= 4 is 11.8 Å². The highest BCUT2D eigenvalue weighted by molar-refractivity contribution is 5.84. The lowest BCUT2D eigenvalue weighted by atomic mass is 10.1. The Bertz CT molecular complexity index is 531. The molecule has 1 aliphatic heterocycles. The van der Waals surface area contributed by atoms with Crippen LogP contribution in [0.1, 0.15) is 5.56 Å². The van der Waals surface area contributed by atoms with Gasteiger partial charge in [0.1, 0.15) is 12.4 Å². The largest absolute Gasteiger partial charge is 0.497 e. The van der Waals surface area contributed by atoms with Gasteiger partial charge in [-0.15, -0.1) is 0 Å². The van der Waals surface area contributed by atoms with Crippen molar-refractivity contribution in [2.75, 3.05) is 34.4 Å². The van der Waals surface area contributed by atoms with Gasteiger partial charge in [-0.25, -0.2) is 5.06 Å². The predicted octanol–water partition coefficient (Wildman–Crippen LogP) is 0.442. The molecule has 0 saturated carbocycles. The fourth-order valence-corrected chi connectivity index (χ4v) is 2.16. The van der Waals surface area contributed by atoms with Gasteiger partial charge in [0, 0.05) is 13.6 Å². The van der Waals surface area contributed by atoms with Crippen molar-refractivity contribution in [3.05, 3.63) is 29.8 Å². The maximum Gasteiger partial charge on any atom is 0.276 e. The summed E-state index contributed by atoms with van der Waals surface area (Å²) in [5.41, 5.74) is 0.961. The molecule has 1 heterocycles. The number of hydrogen-bond acceptors (Lipinski definition) is 5. The summed E-state index contributed by atoms with van der Waals surface area (Å²) in [5.74, 6) is 0.307. The second-order valence-corrected chi connectivity index (χ2v) is 4.94. The first kappa shape index (κ1) is 16.3. The summed E-state index contributed by atoms with van der Waals surface area (Å²) in [6.07, 6.45) is -0.708. The number of methoxy groups -OCH3 is 1. The first-order valence-electron chi connectivity index (χ1n) is 6.89. The quantitative estimate of drug-likeness (QED) is 0.739. The number of likely N-dealkylation sites (N-methyl/N-ethyl adjacent to an activating group) is 1. The highest BCUT2D eigenvalue weighted by Gasteiger charge is 2.32. The summed E-state index contributed by atoms with van der Waals surface area (Å²) in [5, 5.41) is 1.10. The highest BCUT2D eigenvalue weighted by atomic mass is 16.7. The molecule has 7 nitrogen and oxygen atoms in total. The zero-order valence-electron chi connectivity index (χ0n) is 12.9. The first-order valence-corrected chi connectivity index (χ1v) is 6.89. The van der Waals surface area contributed by atoms with E-state index in [1.165, 1.54) is 14.2 Å². The Morgan fingerprint density at radius 3 is 2.64 bits per heavy atom. The fraction of sp³-hybridized carbons (Fsp3) is 0.467. The van der Waals surface area contributed by atoms with Gasteiger partial charge in [0.2, 0.25) is 5.91 Å². The summed E-state index contributed by atoms with van der Waals surface area (Å²) in [6.45, 7) is 0.522. The van der Waals surface area contributed by atoms with Gasteiger partial charge in [0.15, 0.2) is 6.10 Å². The van der Waals surface area contributed by atoms with Crippen molar-refractivity contribution in [3.63, 3.8) is 0 Å². The van der Waals surface area contributed by atoms with E-state index in [9.17, 15) is 9.59 Å². The Hall–Kier alpha value is -2.12. The summed E-state index contributed by atoms with van der Waals surface area (Å²) in [4.78, 5) is 30.5. The molecule has 0 N–H and O–H groups in total. The van der Waals surface area contributed by atoms with Crippen LogP contribution in [0.5, 0.6) is 5.75 Å². The van der Waals surface area contributed by atoms with Crippen LogP contribution in [0.2, 0.25) is 0 Å². The molecule has 2 rings (SSSR count). The van der Waals surface area contributed by atoms with E-state index >= 15 is 0 Å². The number of benzene rings is 1. The van der Waals surface area contributed by atoms with Gasteiger partial charge in [-0.05, 0) is 17.7 Å². The average molecular weight is 308 g/mol. The predicted molar refractivity (Wildman–Crippen MR) is 77.9 cm³/mol. The molecule has 0 spiro atoms. The number of ether oxygens (including phenoxy) is 2. The molecule has 1 aliphatic rings. The summed E-state index contributed by atoms with van der Waals surface area (Å²) in [7, 11) is 4.51. The van der Waals surface area contributed by atoms with E-state index in [1.54, 1.807) is 12.0 Å². The minimum Gasteiger partial charge on any atom is -0.497 e. The summed E-state index contributed by atoms with van der Waals surface area (Å²) >= 11 is 0. The van der Waals surface area contributed by atoms with Crippen molar-refractivity contribution in [1.82, 2.24) is 9.96 Å². The molecular weight excluding hydrogens is 288 g/mol. The van der Waals surface area contributed by atoms with Crippen LogP contribution in [-0.4, -0.2) is 62.3 Å². The Balaban J connectivity index is 2.02. The number of carbonyl (C=O) groups excluding carboxylic acids is 2. The lowest BCUT2D eigenvalue weighted by Gasteiger charge is -2.33. The summed E-state index contributed by atoms with van der Waals surface area (Å²) < 4.78 is 10.4. The molecule has 1 aromatic rings. The van der Waals surface area contributed by atoms with Crippen molar-refractivity contribution in [1.29, 1.82) is 0 Å². The fourth-order valence-electron chi connectivity index (χ4n) is 2.16. The third kappa shape index (κ3) is 3.75. The van der Waals surface area contributed by atoms with Crippen LogP contribution < -0.4 is 4.74 Å². The van der Waals surface area contributed by atoms with E-state index in [-0.39, 0.29) is 25.0 Å². The van der Waals surface area contributed by atoms with Gasteiger partial charge in [-0.3, -0.25) is 14.4 Å².